The van der Waals surface area contributed by atoms with Crippen molar-refractivity contribution in [2.75, 3.05) is 18.8 Å². The number of non-ortho nitro benzene ring substituents is 1. The van der Waals surface area contributed by atoms with E-state index in [4.69, 9.17) is 12.2 Å². The average molecular weight is 467 g/mol. The number of nitro groups is 1. The third-order valence-electron chi connectivity index (χ3n) is 4.12. The molecule has 0 bridgehead atoms. The lowest BCUT2D eigenvalue weighted by molar-refractivity contribution is -0.384. The van der Waals surface area contributed by atoms with Gasteiger partial charge in [-0.05, 0) is 31.5 Å². The molecule has 0 radical (unpaired) electrons. The molecule has 0 spiro atoms. The van der Waals surface area contributed by atoms with E-state index >= 15 is 0 Å². The van der Waals surface area contributed by atoms with Gasteiger partial charge < -0.3 is 4.90 Å². The Balaban J connectivity index is 2.23. The van der Waals surface area contributed by atoms with Gasteiger partial charge in [0.05, 0.1) is 15.5 Å². The summed E-state index contributed by atoms with van der Waals surface area (Å²) in [5, 5.41) is 14.9. The number of nitrogens with zero attached hydrogens (tertiary/aromatic N) is 3. The number of hydrazone groups is 1. The molecule has 0 saturated heterocycles. The number of rotatable bonds is 9. The maximum Gasteiger partial charge on any atom is 0.276 e. The molecule has 2 aromatic carbocycles. The molecule has 0 aliphatic rings. The van der Waals surface area contributed by atoms with Gasteiger partial charge in [0.1, 0.15) is 4.32 Å². The highest BCUT2D eigenvalue weighted by molar-refractivity contribution is 8.23. The smallest absolute Gasteiger partial charge is 0.276 e. The van der Waals surface area contributed by atoms with Gasteiger partial charge in [0.15, 0.2) is 0 Å². The van der Waals surface area contributed by atoms with Crippen LogP contribution in [-0.4, -0.2) is 47.1 Å². The zero-order valence-electron chi connectivity index (χ0n) is 16.5. The van der Waals surface area contributed by atoms with Crippen molar-refractivity contribution in [2.24, 2.45) is 5.10 Å². The number of nitro benzene ring substituents is 1. The summed E-state index contributed by atoms with van der Waals surface area (Å²) >= 11 is 6.85. The molecule has 30 heavy (non-hydrogen) atoms. The minimum absolute atomic E-state index is 0.115. The lowest BCUT2D eigenvalue weighted by atomic mass is 10.1. The third-order valence-corrected chi connectivity index (χ3v) is 6.88. The van der Waals surface area contributed by atoms with Gasteiger partial charge in [-0.25, -0.2) is 0 Å². The second kappa shape index (κ2) is 11.0. The zero-order valence-corrected chi connectivity index (χ0v) is 19.0. The Morgan fingerprint density at radius 2 is 1.73 bits per heavy atom. The fraction of sp³-hybridized carbons (Fsp3) is 0.263. The lowest BCUT2D eigenvalue weighted by Gasteiger charge is -2.21. The lowest BCUT2D eigenvalue weighted by Crippen LogP contribution is -2.28. The Morgan fingerprint density at radius 1 is 1.13 bits per heavy atom. The minimum Gasteiger partial charge on any atom is -0.358 e. The van der Waals surface area contributed by atoms with Crippen molar-refractivity contribution in [1.82, 2.24) is 9.73 Å². The van der Waals surface area contributed by atoms with Crippen LogP contribution in [0.25, 0.3) is 0 Å². The van der Waals surface area contributed by atoms with Gasteiger partial charge in [-0.3, -0.25) is 10.1 Å². The van der Waals surface area contributed by atoms with E-state index in [1.165, 1.54) is 23.9 Å². The molecular weight excluding hydrogens is 444 g/mol. The van der Waals surface area contributed by atoms with Crippen LogP contribution in [0.1, 0.15) is 19.4 Å². The van der Waals surface area contributed by atoms with E-state index in [1.54, 1.807) is 0 Å². The van der Waals surface area contributed by atoms with Crippen molar-refractivity contribution < 1.29 is 13.3 Å². The molecule has 11 heteroatoms. The first-order valence-electron chi connectivity index (χ1n) is 9.08. The number of thiocarbonyl (C=S) groups is 1. The van der Waals surface area contributed by atoms with Crippen LogP contribution in [0.15, 0.2) is 64.6 Å². The van der Waals surface area contributed by atoms with Gasteiger partial charge in [0, 0.05) is 31.0 Å². The fourth-order valence-corrected chi connectivity index (χ4v) is 4.63. The molecule has 160 valence electrons. The average Bonchev–Trinajstić information content (AvgIpc) is 2.75. The van der Waals surface area contributed by atoms with E-state index in [2.05, 4.69) is 9.93 Å². The van der Waals surface area contributed by atoms with Crippen molar-refractivity contribution in [3.8, 4) is 0 Å². The highest BCUT2D eigenvalue weighted by Crippen LogP contribution is 2.17. The minimum atomic E-state index is -3.98. The number of thioether (sulfide) groups is 1. The zero-order chi connectivity index (χ0) is 22.1. The van der Waals surface area contributed by atoms with Crippen LogP contribution < -0.4 is 4.83 Å². The molecule has 2 rings (SSSR count). The Bertz CT molecular complexity index is 1010. The van der Waals surface area contributed by atoms with Gasteiger partial charge in [0.25, 0.3) is 15.7 Å². The van der Waals surface area contributed by atoms with Crippen LogP contribution in [0.3, 0.4) is 0 Å². The number of benzene rings is 2. The van der Waals surface area contributed by atoms with Gasteiger partial charge in [-0.15, -0.1) is 0 Å². The Labute approximate surface area is 185 Å². The number of hydrogen-bond donors (Lipinski definition) is 1. The molecule has 0 fully saturated rings. The first-order valence-corrected chi connectivity index (χ1v) is 12.0. The molecule has 0 amide bonds. The summed E-state index contributed by atoms with van der Waals surface area (Å²) in [7, 11) is -3.98. The first kappa shape index (κ1) is 23.8. The van der Waals surface area contributed by atoms with E-state index in [-0.39, 0.29) is 10.6 Å². The van der Waals surface area contributed by atoms with Crippen LogP contribution in [0.5, 0.6) is 0 Å². The van der Waals surface area contributed by atoms with Gasteiger partial charge in [-0.2, -0.15) is 18.4 Å². The summed E-state index contributed by atoms with van der Waals surface area (Å²) in [6.07, 6.45) is 0. The molecule has 0 aliphatic carbocycles. The topological polar surface area (TPSA) is 105 Å². The monoisotopic (exact) mass is 466 g/mol. The van der Waals surface area contributed by atoms with Crippen molar-refractivity contribution >= 4 is 49.7 Å². The highest BCUT2D eigenvalue weighted by atomic mass is 32.2. The largest absolute Gasteiger partial charge is 0.358 e. The summed E-state index contributed by atoms with van der Waals surface area (Å²) in [6.45, 7) is 5.60. The van der Waals surface area contributed by atoms with Gasteiger partial charge in [0.2, 0.25) is 0 Å². The van der Waals surface area contributed by atoms with Crippen LogP contribution in [0.2, 0.25) is 0 Å². The second-order valence-corrected chi connectivity index (χ2v) is 9.27. The Kier molecular flexibility index (Phi) is 8.75. The maximum atomic E-state index is 12.6. The fourth-order valence-electron chi connectivity index (χ4n) is 2.43. The molecule has 0 aliphatic heterocycles. The normalized spacial score (nSPS) is 11.7. The summed E-state index contributed by atoms with van der Waals surface area (Å²) in [5.41, 5.74) is 1.09. The van der Waals surface area contributed by atoms with Gasteiger partial charge in [-0.1, -0.05) is 54.3 Å². The summed E-state index contributed by atoms with van der Waals surface area (Å²) in [4.78, 5) is 14.3. The summed E-state index contributed by atoms with van der Waals surface area (Å²) in [6, 6.07) is 13.8. The molecule has 0 heterocycles. The summed E-state index contributed by atoms with van der Waals surface area (Å²) < 4.78 is 25.8. The molecule has 8 nitrogen and oxygen atoms in total. The standard InChI is InChI=1S/C19H22N4O4S3/c1-3-22(4-2)19(28)29-14-18(15-8-6-5-7-9-15)20-21-30(26,27)17-12-10-16(11-13-17)23(24)25/h5-13,21H,3-4,14H2,1-2H3/b20-18+. The first-order chi connectivity index (χ1) is 14.3. The molecule has 0 saturated carbocycles. The number of hydrogen-bond acceptors (Lipinski definition) is 7. The molecular formula is C19H22N4O4S3. The van der Waals surface area contributed by atoms with Crippen molar-refractivity contribution in [3.05, 3.63) is 70.3 Å². The van der Waals surface area contributed by atoms with E-state index in [9.17, 15) is 18.5 Å². The number of sulfonamides is 1. The van der Waals surface area contributed by atoms with Gasteiger partial charge >= 0.3 is 0 Å². The quantitative estimate of drug-likeness (QED) is 0.260. The molecule has 1 N–H and O–H groups in total. The van der Waals surface area contributed by atoms with Crippen molar-refractivity contribution in [3.63, 3.8) is 0 Å². The van der Waals surface area contributed by atoms with E-state index in [1.807, 2.05) is 49.1 Å². The van der Waals surface area contributed by atoms with E-state index in [0.717, 1.165) is 30.8 Å². The SMILES string of the molecule is CCN(CC)C(=S)SC/C(=N\NS(=O)(=O)c1ccc([N+](=O)[O-])cc1)c1ccccc1. The van der Waals surface area contributed by atoms with Crippen molar-refractivity contribution in [2.45, 2.75) is 18.7 Å². The van der Waals surface area contributed by atoms with Crippen LogP contribution in [-0.2, 0) is 10.0 Å². The molecule has 0 unspecified atom stereocenters. The summed E-state index contributed by atoms with van der Waals surface area (Å²) in [5.74, 6) is 0.377. The van der Waals surface area contributed by atoms with E-state index < -0.39 is 14.9 Å². The Hall–Kier alpha value is -2.50. The molecule has 2 aromatic rings. The third kappa shape index (κ3) is 6.51. The van der Waals surface area contributed by atoms with Crippen LogP contribution >= 0.6 is 24.0 Å². The predicted octanol–water partition coefficient (Wildman–Crippen LogP) is 3.64. The maximum absolute atomic E-state index is 12.6. The second-order valence-electron chi connectivity index (χ2n) is 6.00. The predicted molar refractivity (Wildman–Crippen MR) is 124 cm³/mol. The number of nitrogens with one attached hydrogen (secondary N) is 1. The Morgan fingerprint density at radius 3 is 2.27 bits per heavy atom. The van der Waals surface area contributed by atoms with Crippen molar-refractivity contribution in [1.29, 1.82) is 0 Å². The highest BCUT2D eigenvalue weighted by Gasteiger charge is 2.16. The van der Waals surface area contributed by atoms with Crippen LogP contribution in [0.4, 0.5) is 5.69 Å². The van der Waals surface area contributed by atoms with E-state index in [0.29, 0.717) is 15.8 Å². The molecule has 0 atom stereocenters. The van der Waals surface area contributed by atoms with Crippen LogP contribution in [0, 0.1) is 10.1 Å². The molecule has 0 aromatic heterocycles.